The second kappa shape index (κ2) is 20.1. The van der Waals surface area contributed by atoms with Crippen molar-refractivity contribution in [1.29, 1.82) is 5.26 Å². The minimum atomic E-state index is -0.974. The monoisotopic (exact) mass is 656 g/mol. The van der Waals surface area contributed by atoms with Crippen molar-refractivity contribution in [1.82, 2.24) is 10.2 Å². The Morgan fingerprint density at radius 1 is 1.02 bits per heavy atom. The predicted molar refractivity (Wildman–Crippen MR) is 180 cm³/mol. The van der Waals surface area contributed by atoms with Crippen molar-refractivity contribution < 1.29 is 33.7 Å². The molecule has 2 rings (SSSR count). The quantitative estimate of drug-likeness (QED) is 0.0874. The van der Waals surface area contributed by atoms with Crippen LogP contribution < -0.4 is 24.3 Å². The first-order valence-electron chi connectivity index (χ1n) is 16.2. The van der Waals surface area contributed by atoms with Gasteiger partial charge in [-0.25, -0.2) is 0 Å². The third-order valence-electron chi connectivity index (χ3n) is 8.38. The van der Waals surface area contributed by atoms with E-state index in [0.717, 1.165) is 62.7 Å². The second-order valence-electron chi connectivity index (χ2n) is 11.9. The summed E-state index contributed by atoms with van der Waals surface area (Å²) in [6.07, 6.45) is 6.17. The van der Waals surface area contributed by atoms with E-state index in [1.54, 1.807) is 28.3 Å². The normalized spacial score (nSPS) is 13.5. The van der Waals surface area contributed by atoms with Crippen molar-refractivity contribution in [3.05, 3.63) is 57.6 Å². The first kappa shape index (κ1) is 38.9. The van der Waals surface area contributed by atoms with Crippen LogP contribution in [0.1, 0.15) is 76.8 Å². The maximum atomic E-state index is 11.5. The Kier molecular flexibility index (Phi) is 16.6. The molecule has 47 heavy (non-hydrogen) atoms. The van der Waals surface area contributed by atoms with E-state index >= 15 is 0 Å². The lowest BCUT2D eigenvalue weighted by atomic mass is 9.73. The van der Waals surface area contributed by atoms with Gasteiger partial charge in [0, 0.05) is 13.5 Å². The summed E-state index contributed by atoms with van der Waals surface area (Å²) in [5.74, 6) is 1.86. The van der Waals surface area contributed by atoms with Gasteiger partial charge in [0.1, 0.15) is 12.4 Å². The molecule has 0 heterocycles. The zero-order valence-electron chi connectivity index (χ0n) is 29.0. The first-order valence-corrected chi connectivity index (χ1v) is 16.2. The lowest BCUT2D eigenvalue weighted by Crippen LogP contribution is -2.45. The van der Waals surface area contributed by atoms with Crippen LogP contribution in [0.2, 0.25) is 0 Å². The molecule has 0 bridgehead atoms. The molecule has 1 N–H and O–H groups in total. The van der Waals surface area contributed by atoms with Crippen molar-refractivity contribution in [2.24, 2.45) is 0 Å². The summed E-state index contributed by atoms with van der Waals surface area (Å²) in [5.41, 5.74) is 1.11. The van der Waals surface area contributed by atoms with Gasteiger partial charge in [-0.15, -0.1) is 10.1 Å². The number of rotatable bonds is 23. The van der Waals surface area contributed by atoms with Gasteiger partial charge >= 0.3 is 0 Å². The van der Waals surface area contributed by atoms with Crippen molar-refractivity contribution in [2.45, 2.75) is 89.7 Å². The molecule has 3 atom stereocenters. The van der Waals surface area contributed by atoms with Crippen LogP contribution in [-0.4, -0.2) is 76.1 Å². The number of nitriles is 1. The summed E-state index contributed by atoms with van der Waals surface area (Å²) in [7, 11) is 6.78. The number of ether oxygens (including phenoxy) is 4. The molecule has 12 nitrogen and oxygen atoms in total. The van der Waals surface area contributed by atoms with Crippen LogP contribution in [0.25, 0.3) is 0 Å². The summed E-state index contributed by atoms with van der Waals surface area (Å²) in [6.45, 7) is 6.55. The van der Waals surface area contributed by atoms with E-state index in [1.165, 1.54) is 6.92 Å². The van der Waals surface area contributed by atoms with E-state index in [9.17, 15) is 20.2 Å². The smallest absolute Gasteiger partial charge is 0.294 e. The molecule has 0 radical (unpaired) electrons. The highest BCUT2D eigenvalue weighted by molar-refractivity contribution is 5.73. The summed E-state index contributed by atoms with van der Waals surface area (Å²) >= 11 is 0. The van der Waals surface area contributed by atoms with Crippen molar-refractivity contribution >= 4 is 5.91 Å². The molecular formula is C35H52N4O8. The number of methoxy groups -OCH3 is 3. The van der Waals surface area contributed by atoms with Crippen LogP contribution in [0.4, 0.5) is 0 Å². The zero-order valence-corrected chi connectivity index (χ0v) is 29.0. The predicted octanol–water partition coefficient (Wildman–Crippen LogP) is 5.88. The summed E-state index contributed by atoms with van der Waals surface area (Å²) < 4.78 is 22.7. The minimum Gasteiger partial charge on any atom is -0.493 e. The average molecular weight is 657 g/mol. The standard InChI is InChI=1S/C35H52N4O8/c1-8-9-10-13-18-35(25-36,29-22-31(43-5)34(45-7)32(23-29)44-6)19-14-20-38(4)21-17-28-15-11-12-16-30(28)46-24-33(47-39(41)42)26(2)37-27(3)40/h11-12,15-16,22-23,26,33H,8-10,13-14,17-21,24H2,1-7H3,(H,37,40). The molecule has 0 spiro atoms. The molecule has 0 saturated heterocycles. The number of hydrogen-bond donors (Lipinski definition) is 1. The lowest BCUT2D eigenvalue weighted by molar-refractivity contribution is -0.769. The van der Waals surface area contributed by atoms with Crippen LogP contribution in [0.3, 0.4) is 0 Å². The highest BCUT2D eigenvalue weighted by Gasteiger charge is 2.34. The van der Waals surface area contributed by atoms with E-state index < -0.39 is 22.6 Å². The van der Waals surface area contributed by atoms with E-state index in [1.807, 2.05) is 43.4 Å². The highest BCUT2D eigenvalue weighted by atomic mass is 17.0. The number of amides is 1. The van der Waals surface area contributed by atoms with Gasteiger partial charge in [0.15, 0.2) is 17.6 Å². The third kappa shape index (κ3) is 12.1. The fourth-order valence-electron chi connectivity index (χ4n) is 5.69. The number of carbonyl (C=O) groups excluding carboxylic acids is 1. The molecule has 0 saturated carbocycles. The number of carbonyl (C=O) groups is 1. The first-order chi connectivity index (χ1) is 22.5. The molecule has 2 aromatic carbocycles. The number of para-hydroxylation sites is 1. The van der Waals surface area contributed by atoms with Gasteiger partial charge in [0.05, 0.1) is 38.9 Å². The summed E-state index contributed by atoms with van der Waals surface area (Å²) in [4.78, 5) is 29.5. The van der Waals surface area contributed by atoms with E-state index in [-0.39, 0.29) is 12.5 Å². The van der Waals surface area contributed by atoms with Gasteiger partial charge in [-0.3, -0.25) is 4.79 Å². The maximum Gasteiger partial charge on any atom is 0.294 e. The average Bonchev–Trinajstić information content (AvgIpc) is 3.05. The number of hydrogen-bond acceptors (Lipinski definition) is 10. The van der Waals surface area contributed by atoms with Gasteiger partial charge in [-0.2, -0.15) is 5.26 Å². The Balaban J connectivity index is 2.12. The Bertz CT molecular complexity index is 1290. The molecule has 1 amide bonds. The minimum absolute atomic E-state index is 0.106. The Morgan fingerprint density at radius 2 is 1.68 bits per heavy atom. The number of nitrogens with one attached hydrogen (secondary N) is 1. The Hall–Kier alpha value is -4.24. The van der Waals surface area contributed by atoms with Crippen molar-refractivity contribution in [2.75, 3.05) is 48.1 Å². The van der Waals surface area contributed by atoms with Crippen LogP contribution in [0.15, 0.2) is 36.4 Å². The summed E-state index contributed by atoms with van der Waals surface area (Å²) in [6, 6.07) is 13.4. The van der Waals surface area contributed by atoms with Crippen LogP contribution in [0.5, 0.6) is 23.0 Å². The Morgan fingerprint density at radius 3 is 2.26 bits per heavy atom. The molecule has 0 aromatic heterocycles. The summed E-state index contributed by atoms with van der Waals surface area (Å²) in [5, 5.41) is 23.4. The van der Waals surface area contributed by atoms with Crippen molar-refractivity contribution in [3.63, 3.8) is 0 Å². The van der Waals surface area contributed by atoms with Gasteiger partial charge in [-0.1, -0.05) is 50.8 Å². The highest BCUT2D eigenvalue weighted by Crippen LogP contribution is 2.44. The van der Waals surface area contributed by atoms with Crippen molar-refractivity contribution in [3.8, 4) is 29.1 Å². The molecule has 0 aliphatic heterocycles. The van der Waals surface area contributed by atoms with Gasteiger partial charge < -0.3 is 34.0 Å². The topological polar surface area (TPSA) is 145 Å². The molecule has 0 aliphatic rings. The number of likely N-dealkylation sites (N-methyl/N-ethyl adjacent to an activating group) is 1. The number of unbranched alkanes of at least 4 members (excludes halogenated alkanes) is 3. The van der Waals surface area contributed by atoms with Gasteiger partial charge in [-0.05, 0) is 75.5 Å². The largest absolute Gasteiger partial charge is 0.493 e. The molecule has 12 heteroatoms. The third-order valence-corrected chi connectivity index (χ3v) is 8.38. The van der Waals surface area contributed by atoms with Crippen LogP contribution >= 0.6 is 0 Å². The number of nitrogens with zero attached hydrogens (tertiary/aromatic N) is 3. The molecular weight excluding hydrogens is 604 g/mol. The van der Waals surface area contributed by atoms with E-state index in [4.69, 9.17) is 23.8 Å². The van der Waals surface area contributed by atoms with Crippen LogP contribution in [-0.2, 0) is 21.5 Å². The maximum absolute atomic E-state index is 11.5. The fraction of sp³-hybridized carbons (Fsp3) is 0.600. The van der Waals surface area contributed by atoms with E-state index in [0.29, 0.717) is 35.8 Å². The lowest BCUT2D eigenvalue weighted by Gasteiger charge is -2.30. The van der Waals surface area contributed by atoms with Crippen LogP contribution in [0, 0.1) is 21.4 Å². The SMILES string of the molecule is CCCCCCC(C#N)(CCCN(C)CCc1ccccc1OCC(O[N+](=O)[O-])C(C)NC(C)=O)c1cc(OC)c(OC)c(OC)c1. The molecule has 2 aromatic rings. The molecule has 260 valence electrons. The van der Waals surface area contributed by atoms with E-state index in [2.05, 4.69) is 23.2 Å². The molecule has 3 unspecified atom stereocenters. The molecule has 0 aliphatic carbocycles. The zero-order chi connectivity index (χ0) is 34.8. The Labute approximate surface area is 279 Å². The second-order valence-corrected chi connectivity index (χ2v) is 11.9. The van der Waals surface area contributed by atoms with Gasteiger partial charge in [0.25, 0.3) is 5.09 Å². The molecule has 0 fully saturated rings. The van der Waals surface area contributed by atoms with Gasteiger partial charge in [0.2, 0.25) is 11.7 Å². The fourth-order valence-corrected chi connectivity index (χ4v) is 5.69. The number of benzene rings is 2.